The molecule has 0 unspecified atom stereocenters. The Morgan fingerprint density at radius 1 is 0.905 bits per heavy atom. The monoisotopic (exact) mass is 281 g/mol. The average molecular weight is 281 g/mol. The van der Waals surface area contributed by atoms with Gasteiger partial charge in [0, 0.05) is 5.56 Å². The molecule has 0 aromatic heterocycles. The second-order valence-corrected chi connectivity index (χ2v) is 5.18. The molecule has 0 fully saturated rings. The number of nitrogens with zero attached hydrogens (tertiary/aromatic N) is 1. The van der Waals surface area contributed by atoms with Crippen molar-refractivity contribution in [1.29, 1.82) is 0 Å². The summed E-state index contributed by atoms with van der Waals surface area (Å²) in [5.41, 5.74) is 3.52. The number of hydrogen-bond acceptors (Lipinski definition) is 3. The smallest absolute Gasteiger partial charge is 0.266 e. The Kier molecular flexibility index (Phi) is 3.11. The van der Waals surface area contributed by atoms with Crippen LogP contribution in [0.1, 0.15) is 37.4 Å². The van der Waals surface area contributed by atoms with Gasteiger partial charge in [-0.2, -0.15) is 0 Å². The first-order chi connectivity index (χ1) is 10.1. The number of benzene rings is 2. The predicted molar refractivity (Wildman–Crippen MR) is 79.4 cm³/mol. The molecule has 0 radical (unpaired) electrons. The van der Waals surface area contributed by atoms with Crippen LogP contribution in [-0.4, -0.2) is 16.9 Å². The van der Waals surface area contributed by atoms with E-state index in [1.165, 1.54) is 0 Å². The highest BCUT2D eigenvalue weighted by Crippen LogP contribution is 2.33. The summed E-state index contributed by atoms with van der Waals surface area (Å²) in [5.74, 6) is -0.644. The molecule has 21 heavy (non-hydrogen) atoms. The Hall–Kier alpha value is -2.46. The molecular formula is C17H15NO3. The van der Waals surface area contributed by atoms with Gasteiger partial charge in [-0.15, -0.1) is 0 Å². The van der Waals surface area contributed by atoms with Crippen LogP contribution in [0.5, 0.6) is 0 Å². The number of carbonyl (C=O) groups excluding carboxylic acids is 2. The van der Waals surface area contributed by atoms with Crippen molar-refractivity contribution in [2.24, 2.45) is 0 Å². The Balaban J connectivity index is 2.21. The molecule has 0 atom stereocenters. The highest BCUT2D eigenvalue weighted by atomic mass is 16.3. The lowest BCUT2D eigenvalue weighted by molar-refractivity contribution is 0.0925. The van der Waals surface area contributed by atoms with Crippen molar-refractivity contribution in [3.63, 3.8) is 0 Å². The lowest BCUT2D eigenvalue weighted by Gasteiger charge is -2.17. The third-order valence-corrected chi connectivity index (χ3v) is 3.86. The molecule has 4 nitrogen and oxygen atoms in total. The number of fused-ring (bicyclic) bond motifs is 1. The van der Waals surface area contributed by atoms with Gasteiger partial charge in [0.15, 0.2) is 0 Å². The summed E-state index contributed by atoms with van der Waals surface area (Å²) in [6, 6.07) is 10.6. The third kappa shape index (κ3) is 1.87. The van der Waals surface area contributed by atoms with Gasteiger partial charge in [-0.1, -0.05) is 30.3 Å². The SMILES string of the molecule is Cc1ccc(C)c2c1C(=O)N(c1ccccc1CO)C2=O. The van der Waals surface area contributed by atoms with E-state index >= 15 is 0 Å². The van der Waals surface area contributed by atoms with Crippen molar-refractivity contribution in [3.8, 4) is 0 Å². The number of carbonyl (C=O) groups is 2. The zero-order chi connectivity index (χ0) is 15.1. The zero-order valence-corrected chi connectivity index (χ0v) is 11.9. The Labute approximate surface area is 122 Å². The predicted octanol–water partition coefficient (Wildman–Crippen LogP) is 2.60. The molecule has 1 aliphatic rings. The van der Waals surface area contributed by atoms with E-state index in [2.05, 4.69) is 0 Å². The number of hydrogen-bond donors (Lipinski definition) is 1. The number of anilines is 1. The third-order valence-electron chi connectivity index (χ3n) is 3.86. The molecule has 3 rings (SSSR count). The fourth-order valence-electron chi connectivity index (χ4n) is 2.76. The van der Waals surface area contributed by atoms with Gasteiger partial charge in [-0.05, 0) is 31.0 Å². The van der Waals surface area contributed by atoms with Crippen molar-refractivity contribution < 1.29 is 14.7 Å². The first-order valence-electron chi connectivity index (χ1n) is 6.74. The molecule has 0 saturated heterocycles. The maximum atomic E-state index is 12.7. The van der Waals surface area contributed by atoms with Crippen LogP contribution in [0, 0.1) is 13.8 Å². The largest absolute Gasteiger partial charge is 0.392 e. The standard InChI is InChI=1S/C17H15NO3/c1-10-7-8-11(2)15-14(10)16(20)18(17(15)21)13-6-4-3-5-12(13)9-19/h3-8,19H,9H2,1-2H3. The molecule has 1 heterocycles. The molecule has 2 aromatic carbocycles. The number of aliphatic hydroxyl groups is 1. The molecule has 0 aliphatic carbocycles. The van der Waals surface area contributed by atoms with Crippen LogP contribution in [0.25, 0.3) is 0 Å². The van der Waals surface area contributed by atoms with Crippen LogP contribution in [0.15, 0.2) is 36.4 Å². The van der Waals surface area contributed by atoms with Crippen molar-refractivity contribution in [3.05, 3.63) is 64.2 Å². The number of para-hydroxylation sites is 1. The first-order valence-corrected chi connectivity index (χ1v) is 6.74. The Bertz CT molecular complexity index is 724. The Morgan fingerprint density at radius 3 is 1.95 bits per heavy atom. The van der Waals surface area contributed by atoms with Gasteiger partial charge in [-0.25, -0.2) is 4.90 Å². The summed E-state index contributed by atoms with van der Waals surface area (Å²) < 4.78 is 0. The molecule has 2 amide bonds. The summed E-state index contributed by atoms with van der Waals surface area (Å²) in [6.45, 7) is 3.43. The summed E-state index contributed by atoms with van der Waals surface area (Å²) in [5, 5.41) is 9.43. The van der Waals surface area contributed by atoms with Gasteiger partial charge in [0.1, 0.15) is 0 Å². The lowest BCUT2D eigenvalue weighted by atomic mass is 9.99. The molecule has 1 aliphatic heterocycles. The molecule has 0 spiro atoms. The van der Waals surface area contributed by atoms with Gasteiger partial charge in [0.25, 0.3) is 11.8 Å². The molecule has 4 heteroatoms. The molecular weight excluding hydrogens is 266 g/mol. The lowest BCUT2D eigenvalue weighted by Crippen LogP contribution is -2.30. The summed E-state index contributed by atoms with van der Waals surface area (Å²) in [4.78, 5) is 26.5. The van der Waals surface area contributed by atoms with Crippen LogP contribution in [0.4, 0.5) is 5.69 Å². The minimum absolute atomic E-state index is 0.221. The Morgan fingerprint density at radius 2 is 1.43 bits per heavy atom. The van der Waals surface area contributed by atoms with Crippen LogP contribution in [-0.2, 0) is 6.61 Å². The number of imide groups is 1. The van der Waals surface area contributed by atoms with E-state index in [9.17, 15) is 14.7 Å². The van der Waals surface area contributed by atoms with E-state index in [0.29, 0.717) is 22.4 Å². The summed E-state index contributed by atoms with van der Waals surface area (Å²) in [6.07, 6.45) is 0. The highest BCUT2D eigenvalue weighted by molar-refractivity contribution is 6.35. The fourth-order valence-corrected chi connectivity index (χ4v) is 2.76. The van der Waals surface area contributed by atoms with E-state index in [1.54, 1.807) is 24.3 Å². The fraction of sp³-hybridized carbons (Fsp3) is 0.176. The van der Waals surface area contributed by atoms with Crippen LogP contribution < -0.4 is 4.90 Å². The highest BCUT2D eigenvalue weighted by Gasteiger charge is 2.39. The number of amides is 2. The number of rotatable bonds is 2. The van der Waals surface area contributed by atoms with Crippen molar-refractivity contribution in [1.82, 2.24) is 0 Å². The van der Waals surface area contributed by atoms with Gasteiger partial charge in [0.05, 0.1) is 23.4 Å². The van der Waals surface area contributed by atoms with Crippen LogP contribution in [0.2, 0.25) is 0 Å². The van der Waals surface area contributed by atoms with Crippen molar-refractivity contribution in [2.45, 2.75) is 20.5 Å². The van der Waals surface area contributed by atoms with Gasteiger partial charge in [-0.3, -0.25) is 9.59 Å². The maximum absolute atomic E-state index is 12.7. The molecule has 1 N–H and O–H groups in total. The van der Waals surface area contributed by atoms with Gasteiger partial charge >= 0.3 is 0 Å². The van der Waals surface area contributed by atoms with Gasteiger partial charge < -0.3 is 5.11 Å². The molecule has 0 bridgehead atoms. The van der Waals surface area contributed by atoms with E-state index in [-0.39, 0.29) is 18.4 Å². The van der Waals surface area contributed by atoms with E-state index in [1.807, 2.05) is 26.0 Å². The second kappa shape index (κ2) is 4.82. The zero-order valence-electron chi connectivity index (χ0n) is 11.9. The minimum Gasteiger partial charge on any atom is -0.392 e. The number of aryl methyl sites for hydroxylation is 2. The summed E-state index contributed by atoms with van der Waals surface area (Å²) >= 11 is 0. The van der Waals surface area contributed by atoms with E-state index in [4.69, 9.17) is 0 Å². The average Bonchev–Trinajstić information content (AvgIpc) is 2.75. The van der Waals surface area contributed by atoms with E-state index < -0.39 is 0 Å². The minimum atomic E-state index is -0.322. The quantitative estimate of drug-likeness (QED) is 0.861. The normalized spacial score (nSPS) is 13.8. The number of aliphatic hydroxyl groups excluding tert-OH is 1. The topological polar surface area (TPSA) is 57.6 Å². The first kappa shape index (κ1) is 13.5. The van der Waals surface area contributed by atoms with Gasteiger partial charge in [0.2, 0.25) is 0 Å². The van der Waals surface area contributed by atoms with Crippen LogP contribution >= 0.6 is 0 Å². The van der Waals surface area contributed by atoms with Crippen LogP contribution in [0.3, 0.4) is 0 Å². The molecule has 0 saturated carbocycles. The summed E-state index contributed by atoms with van der Waals surface area (Å²) in [7, 11) is 0. The van der Waals surface area contributed by atoms with Crippen molar-refractivity contribution in [2.75, 3.05) is 4.90 Å². The molecule has 2 aromatic rings. The van der Waals surface area contributed by atoms with Crippen molar-refractivity contribution >= 4 is 17.5 Å². The second-order valence-electron chi connectivity index (χ2n) is 5.18. The molecule has 106 valence electrons. The van der Waals surface area contributed by atoms with E-state index in [0.717, 1.165) is 16.0 Å². The maximum Gasteiger partial charge on any atom is 0.266 e.